The topological polar surface area (TPSA) is 64.3 Å². The molecule has 4 nitrogen and oxygen atoms in total. The van der Waals surface area contributed by atoms with Crippen LogP contribution in [0, 0.1) is 5.92 Å². The van der Waals surface area contributed by atoms with Crippen LogP contribution in [-0.4, -0.2) is 29.7 Å². The molecule has 1 aliphatic carbocycles. The third-order valence-corrected chi connectivity index (χ3v) is 4.26. The summed E-state index contributed by atoms with van der Waals surface area (Å²) < 4.78 is 6.09. The highest BCUT2D eigenvalue weighted by atomic mass is 16.5. The zero-order chi connectivity index (χ0) is 15.4. The summed E-state index contributed by atoms with van der Waals surface area (Å²) in [4.78, 5) is 12.1. The van der Waals surface area contributed by atoms with E-state index in [9.17, 15) is 4.79 Å². The first-order chi connectivity index (χ1) is 9.21. The molecule has 0 radical (unpaired) electrons. The Morgan fingerprint density at radius 1 is 1.40 bits per heavy atom. The minimum Gasteiger partial charge on any atom is -0.361 e. The van der Waals surface area contributed by atoms with Crippen LogP contribution in [0.15, 0.2) is 0 Å². The summed E-state index contributed by atoms with van der Waals surface area (Å²) in [5.41, 5.74) is 5.41. The monoisotopic (exact) mass is 284 g/mol. The van der Waals surface area contributed by atoms with Crippen LogP contribution in [0.2, 0.25) is 0 Å². The molecule has 1 fully saturated rings. The van der Waals surface area contributed by atoms with E-state index in [-0.39, 0.29) is 17.0 Å². The average molecular weight is 284 g/mol. The van der Waals surface area contributed by atoms with Gasteiger partial charge in [-0.25, -0.2) is 0 Å². The van der Waals surface area contributed by atoms with E-state index in [4.69, 9.17) is 10.5 Å². The first-order valence-electron chi connectivity index (χ1n) is 7.91. The van der Waals surface area contributed by atoms with Crippen molar-refractivity contribution in [1.82, 2.24) is 5.32 Å². The maximum atomic E-state index is 12.1. The zero-order valence-electron chi connectivity index (χ0n) is 13.8. The lowest BCUT2D eigenvalue weighted by Crippen LogP contribution is -2.51. The molecule has 0 heterocycles. The van der Waals surface area contributed by atoms with Gasteiger partial charge >= 0.3 is 0 Å². The van der Waals surface area contributed by atoms with Crippen LogP contribution < -0.4 is 11.1 Å². The smallest absolute Gasteiger partial charge is 0.249 e. The number of nitrogens with two attached hydrogens (primary N) is 1. The second kappa shape index (κ2) is 6.90. The molecule has 0 bridgehead atoms. The summed E-state index contributed by atoms with van der Waals surface area (Å²) in [6.45, 7) is 10.5. The SMILES string of the molecule is CCC1CCC(CN)(OC(C)C(=O)NC(C)(C)C)CC1. The molecule has 20 heavy (non-hydrogen) atoms. The van der Waals surface area contributed by atoms with E-state index in [1.165, 1.54) is 6.42 Å². The molecule has 1 unspecified atom stereocenters. The van der Waals surface area contributed by atoms with E-state index < -0.39 is 6.10 Å². The van der Waals surface area contributed by atoms with Crippen molar-refractivity contribution in [2.24, 2.45) is 11.7 Å². The fraction of sp³-hybridized carbons (Fsp3) is 0.938. The first kappa shape index (κ1) is 17.4. The Morgan fingerprint density at radius 3 is 2.35 bits per heavy atom. The molecule has 1 atom stereocenters. The average Bonchev–Trinajstić information content (AvgIpc) is 2.37. The third-order valence-electron chi connectivity index (χ3n) is 4.26. The predicted octanol–water partition coefficient (Wildman–Crippen LogP) is 2.60. The second-order valence-electron chi connectivity index (χ2n) is 7.24. The Balaban J connectivity index is 2.58. The molecule has 0 saturated heterocycles. The van der Waals surface area contributed by atoms with Crippen LogP contribution in [-0.2, 0) is 9.53 Å². The van der Waals surface area contributed by atoms with E-state index in [0.29, 0.717) is 6.54 Å². The molecule has 3 N–H and O–H groups in total. The number of hydrogen-bond donors (Lipinski definition) is 2. The van der Waals surface area contributed by atoms with Crippen LogP contribution in [0.3, 0.4) is 0 Å². The van der Waals surface area contributed by atoms with Crippen LogP contribution >= 0.6 is 0 Å². The first-order valence-corrected chi connectivity index (χ1v) is 7.91. The van der Waals surface area contributed by atoms with Gasteiger partial charge in [0.25, 0.3) is 0 Å². The highest BCUT2D eigenvalue weighted by Gasteiger charge is 2.37. The molecule has 1 rings (SSSR count). The largest absolute Gasteiger partial charge is 0.361 e. The number of amides is 1. The number of hydrogen-bond acceptors (Lipinski definition) is 3. The fourth-order valence-corrected chi connectivity index (χ4v) is 2.88. The summed E-state index contributed by atoms with van der Waals surface area (Å²) in [5, 5.41) is 2.96. The summed E-state index contributed by atoms with van der Waals surface area (Å²) >= 11 is 0. The summed E-state index contributed by atoms with van der Waals surface area (Å²) in [6.07, 6.45) is 5.02. The van der Waals surface area contributed by atoms with Crippen molar-refractivity contribution in [3.63, 3.8) is 0 Å². The number of nitrogens with one attached hydrogen (secondary N) is 1. The molecule has 0 aromatic heterocycles. The third kappa shape index (κ3) is 5.06. The Kier molecular flexibility index (Phi) is 6.02. The molecular weight excluding hydrogens is 252 g/mol. The Bertz CT molecular complexity index is 315. The lowest BCUT2D eigenvalue weighted by molar-refractivity contribution is -0.151. The summed E-state index contributed by atoms with van der Waals surface area (Å²) in [6, 6.07) is 0. The van der Waals surface area contributed by atoms with Gasteiger partial charge in [-0.05, 0) is 59.3 Å². The number of ether oxygens (including phenoxy) is 1. The van der Waals surface area contributed by atoms with Crippen LogP contribution in [0.25, 0.3) is 0 Å². The Labute approximate surface area is 123 Å². The van der Waals surface area contributed by atoms with Gasteiger partial charge in [-0.2, -0.15) is 0 Å². The molecule has 0 aromatic rings. The molecule has 1 aliphatic rings. The van der Waals surface area contributed by atoms with Gasteiger partial charge < -0.3 is 15.8 Å². The molecular formula is C16H32N2O2. The van der Waals surface area contributed by atoms with Crippen molar-refractivity contribution in [3.8, 4) is 0 Å². The van der Waals surface area contributed by atoms with Gasteiger partial charge in [0.2, 0.25) is 5.91 Å². The van der Waals surface area contributed by atoms with Crippen molar-refractivity contribution in [3.05, 3.63) is 0 Å². The van der Waals surface area contributed by atoms with Gasteiger partial charge in [-0.15, -0.1) is 0 Å². The van der Waals surface area contributed by atoms with Crippen LogP contribution in [0.5, 0.6) is 0 Å². The highest BCUT2D eigenvalue weighted by Crippen LogP contribution is 2.36. The van der Waals surface area contributed by atoms with Crippen molar-refractivity contribution in [2.45, 2.75) is 84.0 Å². The van der Waals surface area contributed by atoms with Crippen LogP contribution in [0.1, 0.15) is 66.7 Å². The van der Waals surface area contributed by atoms with Gasteiger partial charge in [-0.3, -0.25) is 4.79 Å². The Morgan fingerprint density at radius 2 is 1.95 bits per heavy atom. The fourth-order valence-electron chi connectivity index (χ4n) is 2.88. The van der Waals surface area contributed by atoms with Gasteiger partial charge in [0.1, 0.15) is 6.10 Å². The number of carbonyl (C=O) groups excluding carboxylic acids is 1. The van der Waals surface area contributed by atoms with E-state index in [2.05, 4.69) is 12.2 Å². The van der Waals surface area contributed by atoms with Gasteiger partial charge in [-0.1, -0.05) is 13.3 Å². The molecule has 0 aromatic carbocycles. The molecule has 1 amide bonds. The van der Waals surface area contributed by atoms with Gasteiger partial charge in [0.15, 0.2) is 0 Å². The van der Waals surface area contributed by atoms with Crippen LogP contribution in [0.4, 0.5) is 0 Å². The molecule has 0 aliphatic heterocycles. The maximum absolute atomic E-state index is 12.1. The van der Waals surface area contributed by atoms with E-state index >= 15 is 0 Å². The maximum Gasteiger partial charge on any atom is 0.249 e. The Hall–Kier alpha value is -0.610. The highest BCUT2D eigenvalue weighted by molar-refractivity contribution is 5.81. The minimum atomic E-state index is -0.448. The van der Waals surface area contributed by atoms with E-state index in [1.807, 2.05) is 27.7 Å². The van der Waals surface area contributed by atoms with Crippen molar-refractivity contribution in [2.75, 3.05) is 6.54 Å². The van der Waals surface area contributed by atoms with E-state index in [0.717, 1.165) is 31.6 Å². The number of carbonyl (C=O) groups is 1. The predicted molar refractivity (Wildman–Crippen MR) is 82.5 cm³/mol. The molecule has 0 spiro atoms. The minimum absolute atomic E-state index is 0.0528. The normalized spacial score (nSPS) is 29.0. The van der Waals surface area contributed by atoms with Crippen molar-refractivity contribution < 1.29 is 9.53 Å². The lowest BCUT2D eigenvalue weighted by Gasteiger charge is -2.41. The molecule has 118 valence electrons. The van der Waals surface area contributed by atoms with Gasteiger partial charge in [0.05, 0.1) is 5.60 Å². The van der Waals surface area contributed by atoms with Crippen molar-refractivity contribution in [1.29, 1.82) is 0 Å². The van der Waals surface area contributed by atoms with E-state index in [1.54, 1.807) is 0 Å². The second-order valence-corrected chi connectivity index (χ2v) is 7.24. The standard InChI is InChI=1S/C16H32N2O2/c1-6-13-7-9-16(11-17,10-8-13)20-12(2)14(19)18-15(3,4)5/h12-13H,6-11,17H2,1-5H3,(H,18,19). The van der Waals surface area contributed by atoms with Crippen molar-refractivity contribution >= 4 is 5.91 Å². The lowest BCUT2D eigenvalue weighted by atomic mass is 9.77. The van der Waals surface area contributed by atoms with Gasteiger partial charge in [0, 0.05) is 12.1 Å². The summed E-state index contributed by atoms with van der Waals surface area (Å²) in [5.74, 6) is 0.736. The number of rotatable bonds is 5. The quantitative estimate of drug-likeness (QED) is 0.815. The molecule has 1 saturated carbocycles. The molecule has 4 heteroatoms. The zero-order valence-corrected chi connectivity index (χ0v) is 13.8. The summed E-state index contributed by atoms with van der Waals surface area (Å²) in [7, 11) is 0.